The zero-order chi connectivity index (χ0) is 18.4. The topological polar surface area (TPSA) is 106 Å². The van der Waals surface area contributed by atoms with Crippen molar-refractivity contribution in [3.05, 3.63) is 48.0 Å². The summed E-state index contributed by atoms with van der Waals surface area (Å²) in [6.07, 6.45) is 0. The summed E-state index contributed by atoms with van der Waals surface area (Å²) in [5.41, 5.74) is 3.35. The first-order valence-corrected chi connectivity index (χ1v) is 8.45. The third-order valence-electron chi connectivity index (χ3n) is 3.96. The number of aromatic nitrogens is 2. The minimum atomic E-state index is -0.290. The van der Waals surface area contributed by atoms with Gasteiger partial charge in [0.1, 0.15) is 0 Å². The minimum Gasteiger partial charge on any atom is -0.337 e. The molecule has 26 heavy (non-hydrogen) atoms. The van der Waals surface area contributed by atoms with Crippen molar-refractivity contribution in [2.45, 2.75) is 6.92 Å². The average Bonchev–Trinajstić information content (AvgIpc) is 3.07. The van der Waals surface area contributed by atoms with Gasteiger partial charge in [-0.05, 0) is 41.9 Å². The molecule has 7 nitrogen and oxygen atoms in total. The number of carbonyl (C=O) groups is 1. The number of amides is 2. The molecule has 0 aliphatic rings. The van der Waals surface area contributed by atoms with Gasteiger partial charge in [-0.25, -0.2) is 4.79 Å². The number of urea groups is 1. The van der Waals surface area contributed by atoms with Crippen molar-refractivity contribution >= 4 is 22.8 Å². The highest BCUT2D eigenvalue weighted by atomic mass is 16.2. The molecule has 2 aromatic carbocycles. The summed E-state index contributed by atoms with van der Waals surface area (Å²) >= 11 is 0. The van der Waals surface area contributed by atoms with Crippen molar-refractivity contribution in [2.75, 3.05) is 25.0 Å². The number of fused-ring (bicyclic) bond motifs is 1. The molecule has 3 rings (SSSR count). The summed E-state index contributed by atoms with van der Waals surface area (Å²) in [4.78, 5) is 11.9. The van der Waals surface area contributed by atoms with E-state index in [-0.39, 0.29) is 6.03 Å². The maximum absolute atomic E-state index is 11.9. The van der Waals surface area contributed by atoms with Crippen LogP contribution in [-0.4, -0.2) is 35.9 Å². The van der Waals surface area contributed by atoms with Crippen LogP contribution in [0.3, 0.4) is 0 Å². The van der Waals surface area contributed by atoms with E-state index in [4.69, 9.17) is 5.26 Å². The molecular formula is C19H20N6O. The Hall–Kier alpha value is -3.37. The summed E-state index contributed by atoms with van der Waals surface area (Å²) < 4.78 is 0. The molecule has 0 atom stereocenters. The number of hydrogen-bond acceptors (Lipinski definition) is 4. The van der Waals surface area contributed by atoms with Gasteiger partial charge in [0.2, 0.25) is 0 Å². The predicted molar refractivity (Wildman–Crippen MR) is 102 cm³/mol. The minimum absolute atomic E-state index is 0.290. The number of rotatable bonds is 6. The monoisotopic (exact) mass is 348 g/mol. The summed E-state index contributed by atoms with van der Waals surface area (Å²) in [6, 6.07) is 15.1. The van der Waals surface area contributed by atoms with E-state index in [9.17, 15) is 4.79 Å². The van der Waals surface area contributed by atoms with Crippen LogP contribution in [0.25, 0.3) is 22.0 Å². The number of nitrogens with zero attached hydrogens (tertiary/aromatic N) is 2. The molecule has 2 amide bonds. The van der Waals surface area contributed by atoms with E-state index in [1.54, 1.807) is 6.07 Å². The van der Waals surface area contributed by atoms with Crippen molar-refractivity contribution in [1.82, 2.24) is 20.8 Å². The molecule has 7 heteroatoms. The second-order valence-corrected chi connectivity index (χ2v) is 5.76. The van der Waals surface area contributed by atoms with Gasteiger partial charge in [0.15, 0.2) is 5.82 Å². The fraction of sp³-hybridized carbons (Fsp3) is 0.211. The number of benzene rings is 2. The number of nitrogens with one attached hydrogen (secondary N) is 4. The third kappa shape index (κ3) is 3.99. The maximum atomic E-state index is 11.9. The molecule has 0 unspecified atom stereocenters. The number of H-pyrrole nitrogens is 1. The highest BCUT2D eigenvalue weighted by Crippen LogP contribution is 2.27. The Morgan fingerprint density at radius 1 is 1.19 bits per heavy atom. The van der Waals surface area contributed by atoms with E-state index in [0.29, 0.717) is 17.9 Å². The first kappa shape index (κ1) is 17.5. The summed E-state index contributed by atoms with van der Waals surface area (Å²) in [7, 11) is 0. The molecule has 0 saturated heterocycles. The molecule has 0 bridgehead atoms. The lowest BCUT2D eigenvalue weighted by Crippen LogP contribution is -2.34. The molecule has 0 aliphatic heterocycles. The lowest BCUT2D eigenvalue weighted by molar-refractivity contribution is 0.252. The van der Waals surface area contributed by atoms with Crippen LogP contribution in [0.2, 0.25) is 0 Å². The Labute approximate surface area is 151 Å². The maximum Gasteiger partial charge on any atom is 0.320 e. The van der Waals surface area contributed by atoms with Gasteiger partial charge in [0.25, 0.3) is 0 Å². The molecule has 0 radical (unpaired) electrons. The summed E-state index contributed by atoms with van der Waals surface area (Å²) in [5.74, 6) is 0.485. The van der Waals surface area contributed by atoms with Crippen molar-refractivity contribution < 1.29 is 4.79 Å². The zero-order valence-electron chi connectivity index (χ0n) is 14.5. The molecule has 1 heterocycles. The fourth-order valence-electron chi connectivity index (χ4n) is 2.66. The molecule has 0 saturated carbocycles. The van der Waals surface area contributed by atoms with Crippen LogP contribution in [-0.2, 0) is 0 Å². The van der Waals surface area contributed by atoms with Crippen LogP contribution in [0.4, 0.5) is 10.6 Å². The predicted octanol–water partition coefficient (Wildman–Crippen LogP) is 2.83. The number of anilines is 1. The molecule has 1 aromatic heterocycles. The number of carbonyl (C=O) groups excluding carboxylic acids is 1. The quantitative estimate of drug-likeness (QED) is 0.514. The molecule has 0 spiro atoms. The van der Waals surface area contributed by atoms with E-state index >= 15 is 0 Å². The second kappa shape index (κ2) is 8.14. The van der Waals surface area contributed by atoms with E-state index in [2.05, 4.69) is 32.2 Å². The molecule has 4 N–H and O–H groups in total. The molecule has 3 aromatic rings. The zero-order valence-corrected chi connectivity index (χ0v) is 14.5. The van der Waals surface area contributed by atoms with Crippen LogP contribution < -0.4 is 16.0 Å². The van der Waals surface area contributed by atoms with Gasteiger partial charge in [0.05, 0.1) is 17.1 Å². The highest BCUT2D eigenvalue weighted by Gasteiger charge is 2.10. The Morgan fingerprint density at radius 2 is 2.04 bits per heavy atom. The molecule has 132 valence electrons. The van der Waals surface area contributed by atoms with Crippen molar-refractivity contribution in [2.24, 2.45) is 0 Å². The number of nitriles is 1. The van der Waals surface area contributed by atoms with Gasteiger partial charge in [0, 0.05) is 18.5 Å². The second-order valence-electron chi connectivity index (χ2n) is 5.76. The van der Waals surface area contributed by atoms with Crippen LogP contribution in [0, 0.1) is 11.3 Å². The van der Waals surface area contributed by atoms with Crippen LogP contribution in [0.1, 0.15) is 12.5 Å². The Kier molecular flexibility index (Phi) is 5.46. The largest absolute Gasteiger partial charge is 0.337 e. The lowest BCUT2D eigenvalue weighted by Gasteiger charge is -2.06. The molecule has 0 aliphatic carbocycles. The normalized spacial score (nSPS) is 10.5. The standard InChI is InChI=1S/C19H20N6O/c1-2-21-8-9-22-19(26)23-18-16-7-6-15(11-17(16)24-25-18)14-5-3-4-13(10-14)12-20/h3-7,10-11,21H,2,8-9H2,1H3,(H3,22,23,24,25,26). The van der Waals surface area contributed by atoms with Crippen LogP contribution >= 0.6 is 0 Å². The van der Waals surface area contributed by atoms with E-state index < -0.39 is 0 Å². The first-order valence-electron chi connectivity index (χ1n) is 8.45. The fourth-order valence-corrected chi connectivity index (χ4v) is 2.66. The number of likely N-dealkylation sites (N-methyl/N-ethyl adjacent to an activating group) is 1. The average molecular weight is 348 g/mol. The van der Waals surface area contributed by atoms with Gasteiger partial charge in [-0.15, -0.1) is 0 Å². The molecule has 0 fully saturated rings. The SMILES string of the molecule is CCNCCNC(=O)Nc1n[nH]c2cc(-c3cccc(C#N)c3)ccc12. The first-order chi connectivity index (χ1) is 12.7. The highest BCUT2D eigenvalue weighted by molar-refractivity contribution is 6.00. The Balaban J connectivity index is 1.75. The lowest BCUT2D eigenvalue weighted by atomic mass is 10.0. The van der Waals surface area contributed by atoms with E-state index in [1.807, 2.05) is 43.3 Å². The van der Waals surface area contributed by atoms with Crippen LogP contribution in [0.5, 0.6) is 0 Å². The summed E-state index contributed by atoms with van der Waals surface area (Å²) in [6.45, 7) is 4.14. The number of aromatic amines is 1. The summed E-state index contributed by atoms with van der Waals surface area (Å²) in [5, 5.41) is 25.7. The van der Waals surface area contributed by atoms with Gasteiger partial charge in [-0.1, -0.05) is 25.1 Å². The van der Waals surface area contributed by atoms with Gasteiger partial charge in [-0.2, -0.15) is 10.4 Å². The Morgan fingerprint density at radius 3 is 2.85 bits per heavy atom. The van der Waals surface area contributed by atoms with Crippen molar-refractivity contribution in [3.8, 4) is 17.2 Å². The molecular weight excluding hydrogens is 328 g/mol. The van der Waals surface area contributed by atoms with Crippen molar-refractivity contribution in [3.63, 3.8) is 0 Å². The van der Waals surface area contributed by atoms with Crippen molar-refractivity contribution in [1.29, 1.82) is 5.26 Å². The third-order valence-corrected chi connectivity index (χ3v) is 3.96. The number of hydrogen-bond donors (Lipinski definition) is 4. The van der Waals surface area contributed by atoms with Gasteiger partial charge in [-0.3, -0.25) is 10.4 Å². The Bertz CT molecular complexity index is 956. The van der Waals surface area contributed by atoms with Gasteiger partial charge >= 0.3 is 6.03 Å². The van der Waals surface area contributed by atoms with E-state index in [1.165, 1.54) is 0 Å². The van der Waals surface area contributed by atoms with Crippen LogP contribution in [0.15, 0.2) is 42.5 Å². The van der Waals surface area contributed by atoms with E-state index in [0.717, 1.165) is 35.1 Å². The smallest absolute Gasteiger partial charge is 0.320 e. The van der Waals surface area contributed by atoms with Gasteiger partial charge < -0.3 is 10.6 Å².